The van der Waals surface area contributed by atoms with Gasteiger partial charge in [-0.15, -0.1) is 11.8 Å². The highest BCUT2D eigenvalue weighted by Crippen LogP contribution is 2.27. The number of thioether (sulfide) groups is 1. The monoisotopic (exact) mass is 401 g/mol. The zero-order chi connectivity index (χ0) is 20.2. The number of carbonyl (C=O) groups is 2. The number of hydrogen-bond acceptors (Lipinski definition) is 6. The van der Waals surface area contributed by atoms with Crippen molar-refractivity contribution in [2.75, 3.05) is 33.1 Å². The lowest BCUT2D eigenvalue weighted by Gasteiger charge is -2.07. The fourth-order valence-corrected chi connectivity index (χ4v) is 3.02. The predicted octanol–water partition coefficient (Wildman–Crippen LogP) is 3.17. The van der Waals surface area contributed by atoms with Crippen molar-refractivity contribution >= 4 is 29.7 Å². The predicted molar refractivity (Wildman–Crippen MR) is 110 cm³/mol. The molecule has 1 amide bonds. The van der Waals surface area contributed by atoms with Crippen LogP contribution in [0.15, 0.2) is 59.5 Å². The van der Waals surface area contributed by atoms with Gasteiger partial charge in [0.25, 0.3) is 5.91 Å². The number of esters is 1. The molecule has 0 spiro atoms. The Balaban J connectivity index is 1.68. The molecule has 2 aromatic rings. The lowest BCUT2D eigenvalue weighted by atomic mass is 10.2. The molecule has 0 fully saturated rings. The van der Waals surface area contributed by atoms with Crippen LogP contribution in [0.4, 0.5) is 0 Å². The Morgan fingerprint density at radius 1 is 1.04 bits per heavy atom. The van der Waals surface area contributed by atoms with Crippen LogP contribution in [0.1, 0.15) is 5.56 Å². The van der Waals surface area contributed by atoms with Crippen molar-refractivity contribution in [2.24, 2.45) is 0 Å². The normalized spacial score (nSPS) is 10.5. The van der Waals surface area contributed by atoms with Crippen LogP contribution in [0.5, 0.6) is 11.5 Å². The van der Waals surface area contributed by atoms with E-state index in [2.05, 4.69) is 5.32 Å². The molecule has 0 saturated carbocycles. The molecule has 1 N–H and O–H groups in total. The summed E-state index contributed by atoms with van der Waals surface area (Å²) in [4.78, 5) is 24.6. The van der Waals surface area contributed by atoms with Gasteiger partial charge in [0.1, 0.15) is 0 Å². The van der Waals surface area contributed by atoms with Gasteiger partial charge in [-0.3, -0.25) is 4.79 Å². The van der Waals surface area contributed by atoms with E-state index in [4.69, 9.17) is 14.2 Å². The zero-order valence-electron chi connectivity index (χ0n) is 15.8. The molecule has 0 aromatic heterocycles. The first-order chi connectivity index (χ1) is 13.6. The summed E-state index contributed by atoms with van der Waals surface area (Å²) in [5.41, 5.74) is 0.747. The fraction of sp³-hybridized carbons (Fsp3) is 0.238. The molecule has 0 aliphatic carbocycles. The molecule has 2 rings (SSSR count). The molecule has 0 bridgehead atoms. The molecular weight excluding hydrogens is 378 g/mol. The maximum Gasteiger partial charge on any atom is 0.331 e. The number of carbonyl (C=O) groups excluding carboxylic acids is 2. The van der Waals surface area contributed by atoms with E-state index in [-0.39, 0.29) is 12.5 Å². The van der Waals surface area contributed by atoms with Crippen LogP contribution in [0, 0.1) is 0 Å². The first kappa shape index (κ1) is 21.4. The molecule has 0 unspecified atom stereocenters. The molecule has 0 atom stereocenters. The van der Waals surface area contributed by atoms with Gasteiger partial charge >= 0.3 is 5.97 Å². The fourth-order valence-electron chi connectivity index (χ4n) is 2.23. The molecule has 0 heterocycles. The number of benzene rings is 2. The summed E-state index contributed by atoms with van der Waals surface area (Å²) >= 11 is 1.65. The molecule has 6 nitrogen and oxygen atoms in total. The molecular formula is C21H23NO5S. The van der Waals surface area contributed by atoms with Gasteiger partial charge in [-0.25, -0.2) is 4.79 Å². The van der Waals surface area contributed by atoms with Gasteiger partial charge in [0, 0.05) is 23.3 Å². The molecule has 28 heavy (non-hydrogen) atoms. The van der Waals surface area contributed by atoms with Crippen LogP contribution in [-0.2, 0) is 14.3 Å². The molecule has 0 aliphatic heterocycles. The summed E-state index contributed by atoms with van der Waals surface area (Å²) < 4.78 is 15.3. The zero-order valence-corrected chi connectivity index (χ0v) is 16.7. The molecule has 148 valence electrons. The molecule has 0 radical (unpaired) electrons. The minimum absolute atomic E-state index is 0.314. The maximum atomic E-state index is 11.8. The minimum Gasteiger partial charge on any atom is -0.493 e. The van der Waals surface area contributed by atoms with Gasteiger partial charge in [-0.05, 0) is 35.9 Å². The highest BCUT2D eigenvalue weighted by molar-refractivity contribution is 7.99. The Morgan fingerprint density at radius 3 is 2.50 bits per heavy atom. The summed E-state index contributed by atoms with van der Waals surface area (Å²) in [6.07, 6.45) is 2.85. The van der Waals surface area contributed by atoms with E-state index in [1.165, 1.54) is 13.2 Å². The Labute approximate surface area is 168 Å². The third kappa shape index (κ3) is 7.36. The van der Waals surface area contributed by atoms with E-state index in [1.807, 2.05) is 30.3 Å². The van der Waals surface area contributed by atoms with Crippen molar-refractivity contribution in [3.63, 3.8) is 0 Å². The molecule has 0 aliphatic rings. The number of nitrogens with one attached hydrogen (secondary N) is 1. The van der Waals surface area contributed by atoms with Crippen molar-refractivity contribution < 1.29 is 23.8 Å². The lowest BCUT2D eigenvalue weighted by molar-refractivity contribution is -0.143. The SMILES string of the molecule is COc1ccc(/C=C/C(=O)OCC(=O)NCCSc2ccccc2)cc1OC. The second-order valence-electron chi connectivity index (χ2n) is 5.57. The van der Waals surface area contributed by atoms with E-state index in [0.717, 1.165) is 16.2 Å². The Hall–Kier alpha value is -2.93. The first-order valence-corrected chi connectivity index (χ1v) is 9.62. The Morgan fingerprint density at radius 2 is 1.79 bits per heavy atom. The smallest absolute Gasteiger partial charge is 0.331 e. The number of methoxy groups -OCH3 is 2. The quantitative estimate of drug-likeness (QED) is 0.285. The highest BCUT2D eigenvalue weighted by Gasteiger charge is 2.06. The maximum absolute atomic E-state index is 11.8. The average molecular weight is 401 g/mol. The van der Waals surface area contributed by atoms with Gasteiger partial charge in [0.05, 0.1) is 14.2 Å². The van der Waals surface area contributed by atoms with Gasteiger partial charge in [0.15, 0.2) is 18.1 Å². The third-order valence-corrected chi connectivity index (χ3v) is 4.61. The topological polar surface area (TPSA) is 73.9 Å². The van der Waals surface area contributed by atoms with Crippen molar-refractivity contribution in [1.82, 2.24) is 5.32 Å². The Bertz CT molecular complexity index is 808. The molecule has 7 heteroatoms. The van der Waals surface area contributed by atoms with E-state index < -0.39 is 5.97 Å². The summed E-state index contributed by atoms with van der Waals surface area (Å²) in [7, 11) is 3.09. The number of rotatable bonds is 10. The lowest BCUT2D eigenvalue weighted by Crippen LogP contribution is -2.30. The van der Waals surface area contributed by atoms with E-state index in [0.29, 0.717) is 18.0 Å². The van der Waals surface area contributed by atoms with Gasteiger partial charge in [0.2, 0.25) is 0 Å². The van der Waals surface area contributed by atoms with Gasteiger partial charge in [-0.2, -0.15) is 0 Å². The first-order valence-electron chi connectivity index (χ1n) is 8.64. The number of hydrogen-bond donors (Lipinski definition) is 1. The van der Waals surface area contributed by atoms with Crippen molar-refractivity contribution in [3.8, 4) is 11.5 Å². The van der Waals surface area contributed by atoms with E-state index in [9.17, 15) is 9.59 Å². The van der Waals surface area contributed by atoms with E-state index >= 15 is 0 Å². The van der Waals surface area contributed by atoms with Crippen LogP contribution in [0.3, 0.4) is 0 Å². The third-order valence-electron chi connectivity index (χ3n) is 3.60. The van der Waals surface area contributed by atoms with E-state index in [1.54, 1.807) is 43.1 Å². The summed E-state index contributed by atoms with van der Waals surface area (Å²) in [6.45, 7) is 0.183. The summed E-state index contributed by atoms with van der Waals surface area (Å²) in [6, 6.07) is 15.2. The largest absolute Gasteiger partial charge is 0.493 e. The van der Waals surface area contributed by atoms with Crippen LogP contribution >= 0.6 is 11.8 Å². The van der Waals surface area contributed by atoms with Crippen molar-refractivity contribution in [3.05, 3.63) is 60.2 Å². The second kappa shape index (κ2) is 11.7. The van der Waals surface area contributed by atoms with Crippen molar-refractivity contribution in [2.45, 2.75) is 4.90 Å². The second-order valence-corrected chi connectivity index (χ2v) is 6.74. The summed E-state index contributed by atoms with van der Waals surface area (Å²) in [5, 5.41) is 2.72. The van der Waals surface area contributed by atoms with Crippen molar-refractivity contribution in [1.29, 1.82) is 0 Å². The standard InChI is InChI=1S/C21H23NO5S/c1-25-18-10-8-16(14-19(18)26-2)9-11-21(24)27-15-20(23)22-12-13-28-17-6-4-3-5-7-17/h3-11,14H,12-13,15H2,1-2H3,(H,22,23)/b11-9+. The number of amides is 1. The highest BCUT2D eigenvalue weighted by atomic mass is 32.2. The van der Waals surface area contributed by atoms with Crippen LogP contribution in [0.25, 0.3) is 6.08 Å². The Kier molecular flexibility index (Phi) is 8.94. The van der Waals surface area contributed by atoms with Gasteiger partial charge < -0.3 is 19.5 Å². The van der Waals surface area contributed by atoms with Crippen LogP contribution < -0.4 is 14.8 Å². The molecule has 2 aromatic carbocycles. The average Bonchev–Trinajstić information content (AvgIpc) is 2.74. The van der Waals surface area contributed by atoms with Gasteiger partial charge in [-0.1, -0.05) is 24.3 Å². The number of ether oxygens (including phenoxy) is 3. The summed E-state index contributed by atoms with van der Waals surface area (Å²) in [5.74, 6) is 0.975. The molecule has 0 saturated heterocycles. The van der Waals surface area contributed by atoms with Crippen LogP contribution in [0.2, 0.25) is 0 Å². The van der Waals surface area contributed by atoms with Crippen LogP contribution in [-0.4, -0.2) is 45.0 Å². The minimum atomic E-state index is -0.594.